The molecule has 3 rings (SSSR count). The minimum absolute atomic E-state index is 0.225. The number of aliphatic hydroxyl groups is 6. The SMILES string of the molecule is CC1OC(CCC2OC(CO)[C@H](O)C(O)C2Oc2ccccccccc2)[C@@H](O)C(O)C1O. The van der Waals surface area contributed by atoms with Crippen LogP contribution in [-0.4, -0.2) is 98.3 Å². The molecule has 2 heterocycles. The third-order valence-corrected chi connectivity index (χ3v) is 6.11. The van der Waals surface area contributed by atoms with Gasteiger partial charge in [-0.2, -0.15) is 0 Å². The van der Waals surface area contributed by atoms with Gasteiger partial charge in [0.1, 0.15) is 42.4 Å². The van der Waals surface area contributed by atoms with Crippen molar-refractivity contribution in [3.63, 3.8) is 0 Å². The van der Waals surface area contributed by atoms with Gasteiger partial charge in [-0.05, 0) is 31.9 Å². The van der Waals surface area contributed by atoms with Gasteiger partial charge in [-0.25, -0.2) is 0 Å². The number of aliphatic hydroxyl groups excluding tert-OH is 6. The lowest BCUT2D eigenvalue weighted by atomic mass is 9.89. The number of rotatable bonds is 6. The van der Waals surface area contributed by atoms with Crippen molar-refractivity contribution < 1.29 is 44.8 Å². The van der Waals surface area contributed by atoms with Crippen LogP contribution >= 0.6 is 0 Å². The molecule has 0 aromatic heterocycles. The van der Waals surface area contributed by atoms with Crippen LogP contribution in [0.1, 0.15) is 19.8 Å². The van der Waals surface area contributed by atoms with Crippen LogP contribution in [0.4, 0.5) is 0 Å². The molecule has 1 aromatic rings. The molecular formula is C24H34O9. The second-order valence-electron chi connectivity index (χ2n) is 8.47. The van der Waals surface area contributed by atoms with Crippen LogP contribution in [0.2, 0.25) is 0 Å². The van der Waals surface area contributed by atoms with E-state index in [1.807, 2.05) is 30.3 Å². The smallest absolute Gasteiger partial charge is 0.153 e. The normalized spacial score (nSPS) is 38.9. The van der Waals surface area contributed by atoms with Crippen molar-refractivity contribution in [2.75, 3.05) is 6.61 Å². The fourth-order valence-corrected chi connectivity index (χ4v) is 4.16. The first-order chi connectivity index (χ1) is 15.8. The molecule has 9 nitrogen and oxygen atoms in total. The molecule has 2 aliphatic heterocycles. The molecule has 6 N–H and O–H groups in total. The standard InChI is InChI=1S/C24H34O9/c1-14-19(26)22(29)20(27)16(31-14)11-12-17-24(23(30)21(28)18(13-25)33-17)32-15-9-7-5-3-2-4-6-8-10-15/h2-10,14,16-30H,11-13H2,1H3/t14?,16?,17?,18?,19?,20-,21+,22?,23?,24?/m1/s1. The first-order valence-electron chi connectivity index (χ1n) is 11.2. The van der Waals surface area contributed by atoms with Gasteiger partial charge in [-0.3, -0.25) is 0 Å². The summed E-state index contributed by atoms with van der Waals surface area (Å²) in [5, 5.41) is 61.0. The van der Waals surface area contributed by atoms with Gasteiger partial charge < -0.3 is 44.8 Å². The highest BCUT2D eigenvalue weighted by Crippen LogP contribution is 2.30. The third kappa shape index (κ3) is 6.40. The highest BCUT2D eigenvalue weighted by Gasteiger charge is 2.47. The summed E-state index contributed by atoms with van der Waals surface area (Å²) >= 11 is 0. The zero-order valence-corrected chi connectivity index (χ0v) is 18.5. The van der Waals surface area contributed by atoms with Crippen LogP contribution in [0, 0.1) is 0 Å². The van der Waals surface area contributed by atoms with Gasteiger partial charge in [-0.15, -0.1) is 0 Å². The molecule has 184 valence electrons. The second kappa shape index (κ2) is 12.0. The summed E-state index contributed by atoms with van der Waals surface area (Å²) in [6, 6.07) is 16.2. The van der Waals surface area contributed by atoms with Gasteiger partial charge in [0.2, 0.25) is 0 Å². The van der Waals surface area contributed by atoms with Crippen LogP contribution < -0.4 is 4.74 Å². The molecule has 2 fully saturated rings. The third-order valence-electron chi connectivity index (χ3n) is 6.11. The van der Waals surface area contributed by atoms with E-state index < -0.39 is 67.6 Å². The topological polar surface area (TPSA) is 149 Å². The van der Waals surface area contributed by atoms with E-state index in [4.69, 9.17) is 14.2 Å². The Morgan fingerprint density at radius 3 is 1.82 bits per heavy atom. The summed E-state index contributed by atoms with van der Waals surface area (Å²) < 4.78 is 17.5. The first-order valence-corrected chi connectivity index (χ1v) is 11.2. The molecule has 10 atom stereocenters. The fourth-order valence-electron chi connectivity index (χ4n) is 4.16. The van der Waals surface area contributed by atoms with Crippen molar-refractivity contribution in [1.82, 2.24) is 0 Å². The Labute approximate surface area is 193 Å². The molecule has 8 unspecified atom stereocenters. The molecule has 2 saturated heterocycles. The second-order valence-corrected chi connectivity index (χ2v) is 8.47. The van der Waals surface area contributed by atoms with E-state index in [2.05, 4.69) is 0 Å². The minimum atomic E-state index is -1.35. The van der Waals surface area contributed by atoms with Crippen molar-refractivity contribution >= 4 is 0 Å². The van der Waals surface area contributed by atoms with Gasteiger partial charge in [0.05, 0.1) is 24.9 Å². The summed E-state index contributed by atoms with van der Waals surface area (Å²) in [5.74, 6) is 0.430. The van der Waals surface area contributed by atoms with E-state index in [0.29, 0.717) is 5.75 Å². The average Bonchev–Trinajstić information content (AvgIpc) is 2.82. The summed E-state index contributed by atoms with van der Waals surface area (Å²) in [6.45, 7) is 1.11. The lowest BCUT2D eigenvalue weighted by Crippen LogP contribution is -2.61. The lowest BCUT2D eigenvalue weighted by Gasteiger charge is -2.43. The molecule has 9 heteroatoms. The van der Waals surface area contributed by atoms with Crippen molar-refractivity contribution in [2.45, 2.75) is 80.8 Å². The predicted octanol–water partition coefficient (Wildman–Crippen LogP) is -0.310. The van der Waals surface area contributed by atoms with Crippen molar-refractivity contribution in [2.24, 2.45) is 0 Å². The molecule has 2 aliphatic rings. The summed E-state index contributed by atoms with van der Waals surface area (Å²) in [7, 11) is 0. The van der Waals surface area contributed by atoms with Gasteiger partial charge in [0.15, 0.2) is 6.10 Å². The molecule has 0 radical (unpaired) electrons. The van der Waals surface area contributed by atoms with Crippen molar-refractivity contribution in [1.29, 1.82) is 0 Å². The molecule has 0 aliphatic carbocycles. The Hall–Kier alpha value is -1.82. The maximum atomic E-state index is 10.8. The van der Waals surface area contributed by atoms with E-state index in [-0.39, 0.29) is 12.8 Å². The minimum Gasteiger partial charge on any atom is -0.485 e. The van der Waals surface area contributed by atoms with Crippen molar-refractivity contribution in [3.05, 3.63) is 54.6 Å². The highest BCUT2D eigenvalue weighted by atomic mass is 16.6. The quantitative estimate of drug-likeness (QED) is 0.332. The van der Waals surface area contributed by atoms with Crippen LogP contribution in [-0.2, 0) is 9.47 Å². The van der Waals surface area contributed by atoms with Gasteiger partial charge in [-0.1, -0.05) is 42.5 Å². The summed E-state index contributed by atoms with van der Waals surface area (Å²) in [6.07, 6.45) is -10.2. The van der Waals surface area contributed by atoms with E-state index in [9.17, 15) is 30.6 Å². The van der Waals surface area contributed by atoms with E-state index in [1.54, 1.807) is 31.2 Å². The van der Waals surface area contributed by atoms with Crippen molar-refractivity contribution in [3.8, 4) is 5.75 Å². The summed E-state index contributed by atoms with van der Waals surface area (Å²) in [4.78, 5) is 0. The lowest BCUT2D eigenvalue weighted by molar-refractivity contribution is -0.235. The predicted molar refractivity (Wildman–Crippen MR) is 118 cm³/mol. The van der Waals surface area contributed by atoms with Crippen LogP contribution in [0.25, 0.3) is 0 Å². The molecule has 0 spiro atoms. The van der Waals surface area contributed by atoms with Gasteiger partial charge in [0.25, 0.3) is 0 Å². The molecule has 33 heavy (non-hydrogen) atoms. The van der Waals surface area contributed by atoms with Gasteiger partial charge >= 0.3 is 0 Å². The Kier molecular flexibility index (Phi) is 9.42. The number of hydrogen-bond acceptors (Lipinski definition) is 9. The Bertz CT molecular complexity index is 767. The average molecular weight is 467 g/mol. The maximum absolute atomic E-state index is 10.8. The molecule has 0 bridgehead atoms. The zero-order chi connectivity index (χ0) is 24.0. The monoisotopic (exact) mass is 466 g/mol. The maximum Gasteiger partial charge on any atom is 0.153 e. The first kappa shape index (κ1) is 25.8. The zero-order valence-electron chi connectivity index (χ0n) is 18.5. The van der Waals surface area contributed by atoms with E-state index >= 15 is 0 Å². The van der Waals surface area contributed by atoms with Crippen LogP contribution in [0.3, 0.4) is 0 Å². The summed E-state index contributed by atoms with van der Waals surface area (Å²) in [5.41, 5.74) is 0. The Morgan fingerprint density at radius 2 is 1.21 bits per heavy atom. The number of ether oxygens (including phenoxy) is 3. The van der Waals surface area contributed by atoms with Crippen LogP contribution in [0.5, 0.6) is 5.75 Å². The number of hydrogen-bond donors (Lipinski definition) is 6. The van der Waals surface area contributed by atoms with Gasteiger partial charge in [0, 0.05) is 0 Å². The van der Waals surface area contributed by atoms with E-state index in [0.717, 1.165) is 0 Å². The Balaban J connectivity index is 1.78. The van der Waals surface area contributed by atoms with Crippen LogP contribution in [0.15, 0.2) is 54.6 Å². The molecular weight excluding hydrogens is 432 g/mol. The highest BCUT2D eigenvalue weighted by molar-refractivity contribution is 5.19. The molecule has 1 aromatic carbocycles. The molecule has 0 saturated carbocycles. The largest absolute Gasteiger partial charge is 0.485 e. The Morgan fingerprint density at radius 1 is 0.667 bits per heavy atom. The van der Waals surface area contributed by atoms with E-state index in [1.165, 1.54) is 0 Å². The molecule has 0 amide bonds. The fraction of sp³-hybridized carbons (Fsp3) is 0.583.